The normalized spacial score (nSPS) is 19.1. The minimum absolute atomic E-state index is 0.0600. The summed E-state index contributed by atoms with van der Waals surface area (Å²) < 4.78 is 44.2. The van der Waals surface area contributed by atoms with Gasteiger partial charge in [0, 0.05) is 23.8 Å². The maximum Gasteiger partial charge on any atom is 0.241 e. The Morgan fingerprint density at radius 1 is 1.06 bits per heavy atom. The van der Waals surface area contributed by atoms with Crippen LogP contribution in [0.1, 0.15) is 25.7 Å². The van der Waals surface area contributed by atoms with Crippen molar-refractivity contribution in [2.24, 2.45) is 5.92 Å². The highest BCUT2D eigenvalue weighted by Gasteiger charge is 2.30. The van der Waals surface area contributed by atoms with E-state index in [0.717, 1.165) is 19.3 Å². The molecular weight excluding hydrogens is 431 g/mol. The molecule has 0 unspecified atom stereocenters. The molecule has 0 spiro atoms. The number of anilines is 1. The number of nitrogens with one attached hydrogen (secondary N) is 1. The summed E-state index contributed by atoms with van der Waals surface area (Å²) in [7, 11) is -3.88. The number of hydrogen-bond acceptors (Lipinski definition) is 6. The molecule has 4 rings (SSSR count). The van der Waals surface area contributed by atoms with Crippen LogP contribution < -0.4 is 10.5 Å². The van der Waals surface area contributed by atoms with E-state index in [-0.39, 0.29) is 34.8 Å². The van der Waals surface area contributed by atoms with Gasteiger partial charge < -0.3 is 10.8 Å². The van der Waals surface area contributed by atoms with Gasteiger partial charge in [0.25, 0.3) is 0 Å². The highest BCUT2D eigenvalue weighted by molar-refractivity contribution is 7.89. The Morgan fingerprint density at radius 3 is 2.56 bits per heavy atom. The first-order chi connectivity index (χ1) is 15.4. The second kappa shape index (κ2) is 9.32. The summed E-state index contributed by atoms with van der Waals surface area (Å²) in [5, 5.41) is 9.63. The van der Waals surface area contributed by atoms with E-state index < -0.39 is 15.8 Å². The smallest absolute Gasteiger partial charge is 0.241 e. The molecule has 168 valence electrons. The van der Waals surface area contributed by atoms with Crippen LogP contribution in [0.5, 0.6) is 0 Å². The lowest BCUT2D eigenvalue weighted by atomic mass is 9.86. The first-order valence-corrected chi connectivity index (χ1v) is 12.0. The van der Waals surface area contributed by atoms with Crippen LogP contribution in [0, 0.1) is 11.7 Å². The zero-order valence-corrected chi connectivity index (χ0v) is 18.2. The minimum Gasteiger partial charge on any atom is -0.396 e. The Balaban J connectivity index is 1.67. The number of aliphatic hydroxyl groups excluding tert-OH is 1. The van der Waals surface area contributed by atoms with E-state index >= 15 is 0 Å². The predicted octanol–water partition coefficient (Wildman–Crippen LogP) is 3.36. The van der Waals surface area contributed by atoms with Gasteiger partial charge in [-0.15, -0.1) is 0 Å². The Hall–Kier alpha value is -2.88. The Bertz CT molecular complexity index is 1200. The molecule has 1 heterocycles. The van der Waals surface area contributed by atoms with E-state index in [1.807, 2.05) is 0 Å². The van der Waals surface area contributed by atoms with Crippen molar-refractivity contribution in [3.8, 4) is 22.4 Å². The van der Waals surface area contributed by atoms with Crippen molar-refractivity contribution in [1.82, 2.24) is 14.7 Å². The highest BCUT2D eigenvalue weighted by atomic mass is 32.2. The van der Waals surface area contributed by atoms with Crippen molar-refractivity contribution in [3.63, 3.8) is 0 Å². The molecule has 4 N–H and O–H groups in total. The van der Waals surface area contributed by atoms with Crippen LogP contribution in [-0.2, 0) is 10.0 Å². The van der Waals surface area contributed by atoms with Crippen LogP contribution in [0.2, 0.25) is 0 Å². The molecule has 7 nitrogen and oxygen atoms in total. The van der Waals surface area contributed by atoms with Crippen LogP contribution in [-0.4, -0.2) is 36.1 Å². The molecular formula is C23H25FN4O3S. The van der Waals surface area contributed by atoms with Gasteiger partial charge in [-0.05, 0) is 42.5 Å². The second-order valence-electron chi connectivity index (χ2n) is 7.97. The number of benzene rings is 2. The van der Waals surface area contributed by atoms with Gasteiger partial charge in [-0.3, -0.25) is 4.98 Å². The van der Waals surface area contributed by atoms with E-state index in [2.05, 4.69) is 14.7 Å². The molecule has 9 heteroatoms. The molecule has 2 atom stereocenters. The summed E-state index contributed by atoms with van der Waals surface area (Å²) in [6.07, 6.45) is 6.08. The lowest BCUT2D eigenvalue weighted by Gasteiger charge is -2.30. The summed E-state index contributed by atoms with van der Waals surface area (Å²) in [6, 6.07) is 10.7. The zero-order valence-electron chi connectivity index (χ0n) is 17.4. The Labute approximate surface area is 186 Å². The highest BCUT2D eigenvalue weighted by Crippen LogP contribution is 2.32. The Morgan fingerprint density at radius 2 is 1.84 bits per heavy atom. The fourth-order valence-corrected chi connectivity index (χ4v) is 5.72. The largest absolute Gasteiger partial charge is 0.396 e. The van der Waals surface area contributed by atoms with Crippen LogP contribution in [0.4, 0.5) is 10.2 Å². The third-order valence-corrected chi connectivity index (χ3v) is 7.40. The summed E-state index contributed by atoms with van der Waals surface area (Å²) in [4.78, 5) is 8.10. The van der Waals surface area contributed by atoms with Crippen LogP contribution in [0.3, 0.4) is 0 Å². The van der Waals surface area contributed by atoms with Gasteiger partial charge in [-0.25, -0.2) is 22.5 Å². The number of halogens is 1. The lowest BCUT2D eigenvalue weighted by Crippen LogP contribution is -2.43. The summed E-state index contributed by atoms with van der Waals surface area (Å²) in [6.45, 7) is -0.0600. The fraction of sp³-hybridized carbons (Fsp3) is 0.304. The standard InChI is InChI=1S/C23H25FN4O3S/c24-19-11-15(9-10-18(19)21-12-27-23(25)13-26-21)17-6-2-4-8-22(17)32(30,31)28-20-7-3-1-5-16(20)14-29/h2,4,6,8-13,16,20,28-29H,1,3,5,7,14H2,(H2,25,27)/t16-,20-/m1/s1. The van der Waals surface area contributed by atoms with Crippen molar-refractivity contribution in [1.29, 1.82) is 0 Å². The maximum atomic E-state index is 14.9. The first-order valence-electron chi connectivity index (χ1n) is 10.5. The average Bonchev–Trinajstić information content (AvgIpc) is 2.80. The van der Waals surface area contributed by atoms with Gasteiger partial charge in [-0.2, -0.15) is 0 Å². The van der Waals surface area contributed by atoms with E-state index in [1.54, 1.807) is 30.3 Å². The number of hydrogen-bond donors (Lipinski definition) is 3. The van der Waals surface area contributed by atoms with Crippen molar-refractivity contribution in [2.45, 2.75) is 36.6 Å². The molecule has 0 bridgehead atoms. The number of aromatic nitrogens is 2. The topological polar surface area (TPSA) is 118 Å². The molecule has 1 aliphatic rings. The molecule has 0 amide bonds. The number of nitrogens with zero attached hydrogens (tertiary/aromatic N) is 2. The fourth-order valence-electron chi connectivity index (χ4n) is 4.15. The molecule has 1 fully saturated rings. The van der Waals surface area contributed by atoms with Gasteiger partial charge in [0.2, 0.25) is 10.0 Å². The van der Waals surface area contributed by atoms with Crippen molar-refractivity contribution >= 4 is 15.8 Å². The summed E-state index contributed by atoms with van der Waals surface area (Å²) in [5.41, 5.74) is 6.94. The van der Waals surface area contributed by atoms with E-state index in [4.69, 9.17) is 5.73 Å². The van der Waals surface area contributed by atoms with Gasteiger partial charge in [0.05, 0.1) is 23.0 Å². The van der Waals surface area contributed by atoms with Gasteiger partial charge in [0.15, 0.2) is 0 Å². The molecule has 2 aromatic carbocycles. The predicted molar refractivity (Wildman–Crippen MR) is 120 cm³/mol. The number of aliphatic hydroxyl groups is 1. The van der Waals surface area contributed by atoms with Gasteiger partial charge in [-0.1, -0.05) is 37.1 Å². The van der Waals surface area contributed by atoms with E-state index in [0.29, 0.717) is 23.2 Å². The van der Waals surface area contributed by atoms with Crippen LogP contribution in [0.15, 0.2) is 59.8 Å². The summed E-state index contributed by atoms with van der Waals surface area (Å²) in [5.74, 6) is -0.420. The number of rotatable bonds is 6. The quantitative estimate of drug-likeness (QED) is 0.523. The van der Waals surface area contributed by atoms with Crippen molar-refractivity contribution in [2.75, 3.05) is 12.3 Å². The SMILES string of the molecule is Nc1cnc(-c2ccc(-c3ccccc3S(=O)(=O)N[C@@H]3CCCC[C@@H]3CO)cc2F)cn1. The van der Waals surface area contributed by atoms with Gasteiger partial charge >= 0.3 is 0 Å². The molecule has 3 aromatic rings. The molecule has 0 aliphatic heterocycles. The molecule has 1 aromatic heterocycles. The third-order valence-electron chi connectivity index (χ3n) is 5.85. The lowest BCUT2D eigenvalue weighted by molar-refractivity contribution is 0.164. The minimum atomic E-state index is -3.88. The Kier molecular flexibility index (Phi) is 6.50. The van der Waals surface area contributed by atoms with Gasteiger partial charge in [0.1, 0.15) is 11.6 Å². The maximum absolute atomic E-state index is 14.9. The van der Waals surface area contributed by atoms with Crippen molar-refractivity contribution in [3.05, 3.63) is 60.7 Å². The monoisotopic (exact) mass is 456 g/mol. The molecule has 1 saturated carbocycles. The molecule has 0 radical (unpaired) electrons. The van der Waals surface area contributed by atoms with Crippen LogP contribution in [0.25, 0.3) is 22.4 Å². The van der Waals surface area contributed by atoms with Crippen LogP contribution >= 0.6 is 0 Å². The molecule has 32 heavy (non-hydrogen) atoms. The first kappa shape index (κ1) is 22.3. The molecule has 0 saturated heterocycles. The zero-order chi connectivity index (χ0) is 22.7. The second-order valence-corrected chi connectivity index (χ2v) is 9.65. The summed E-state index contributed by atoms with van der Waals surface area (Å²) >= 11 is 0. The van der Waals surface area contributed by atoms with E-state index in [1.165, 1.54) is 24.5 Å². The molecule has 1 aliphatic carbocycles. The van der Waals surface area contributed by atoms with Crippen molar-refractivity contribution < 1.29 is 17.9 Å². The average molecular weight is 457 g/mol. The van der Waals surface area contributed by atoms with E-state index in [9.17, 15) is 17.9 Å². The number of nitrogens with two attached hydrogens (primary N) is 1. The number of nitrogen functional groups attached to an aromatic ring is 1. The number of sulfonamides is 1. The third kappa shape index (κ3) is 4.64.